The average Bonchev–Trinajstić information content (AvgIpc) is 2.28. The number of rotatable bonds is 6. The van der Waals surface area contributed by atoms with Gasteiger partial charge in [0, 0.05) is 0 Å². The van der Waals surface area contributed by atoms with Crippen molar-refractivity contribution in [1.82, 2.24) is 0 Å². The van der Waals surface area contributed by atoms with E-state index >= 15 is 0 Å². The van der Waals surface area contributed by atoms with Gasteiger partial charge >= 0.3 is 0 Å². The molecule has 1 aromatic carbocycles. The van der Waals surface area contributed by atoms with Gasteiger partial charge in [-0.3, -0.25) is 0 Å². The van der Waals surface area contributed by atoms with Crippen LogP contribution in [0.5, 0.6) is 0 Å². The van der Waals surface area contributed by atoms with E-state index in [-0.39, 0.29) is 0 Å². The van der Waals surface area contributed by atoms with Gasteiger partial charge in [-0.1, -0.05) is 61.4 Å². The average molecular weight is 200 g/mol. The van der Waals surface area contributed by atoms with Crippen molar-refractivity contribution >= 4 is 0 Å². The molecule has 0 bridgehead atoms. The normalized spacial score (nSPS) is 11.4. The Morgan fingerprint density at radius 1 is 1.27 bits per heavy atom. The van der Waals surface area contributed by atoms with Crippen LogP contribution in [0.1, 0.15) is 31.7 Å². The van der Waals surface area contributed by atoms with E-state index in [0.29, 0.717) is 0 Å². The van der Waals surface area contributed by atoms with Crippen LogP contribution in [0.2, 0.25) is 0 Å². The van der Waals surface area contributed by atoms with Crippen molar-refractivity contribution < 1.29 is 0 Å². The minimum Gasteiger partial charge on any atom is -0.103 e. The van der Waals surface area contributed by atoms with Crippen LogP contribution in [0.25, 0.3) is 0 Å². The van der Waals surface area contributed by atoms with Gasteiger partial charge in [0.2, 0.25) is 0 Å². The molecule has 0 unspecified atom stereocenters. The van der Waals surface area contributed by atoms with Gasteiger partial charge in [-0.25, -0.2) is 0 Å². The number of benzene rings is 1. The Balaban J connectivity index is 2.56. The Labute approximate surface area is 93.3 Å². The summed E-state index contributed by atoms with van der Waals surface area (Å²) in [5.41, 5.74) is 2.89. The summed E-state index contributed by atoms with van der Waals surface area (Å²) in [6.45, 7) is 6.02. The summed E-state index contributed by atoms with van der Waals surface area (Å²) in [5.74, 6) is 0. The molecular formula is C15H20. The molecule has 80 valence electrons. The highest BCUT2D eigenvalue weighted by atomic mass is 14.0. The maximum atomic E-state index is 3.80. The fourth-order valence-electron chi connectivity index (χ4n) is 1.67. The second kappa shape index (κ2) is 7.05. The third-order valence-electron chi connectivity index (χ3n) is 2.45. The maximum Gasteiger partial charge on any atom is -0.00947 e. The summed E-state index contributed by atoms with van der Waals surface area (Å²) >= 11 is 0. The lowest BCUT2D eigenvalue weighted by atomic mass is 10.0. The van der Waals surface area contributed by atoms with Crippen LogP contribution >= 0.6 is 0 Å². The molecule has 0 atom stereocenters. The standard InChI is InChI=1S/C15H20/c1-3-8-14(9-4-2)12-13-15-10-6-5-7-11-15/h3,5-7,10-12H,1,4,8-9,13H2,2H3/b14-12-. The lowest BCUT2D eigenvalue weighted by Crippen LogP contribution is -1.85. The molecule has 0 spiro atoms. The Hall–Kier alpha value is -1.30. The molecule has 0 aromatic heterocycles. The number of hydrogen-bond acceptors (Lipinski definition) is 0. The van der Waals surface area contributed by atoms with Crippen LogP contribution in [-0.4, -0.2) is 0 Å². The van der Waals surface area contributed by atoms with Crippen LogP contribution in [0, 0.1) is 0 Å². The topological polar surface area (TPSA) is 0 Å². The van der Waals surface area contributed by atoms with Crippen molar-refractivity contribution in [1.29, 1.82) is 0 Å². The maximum absolute atomic E-state index is 3.80. The summed E-state index contributed by atoms with van der Waals surface area (Å²) in [5, 5.41) is 0. The SMILES string of the molecule is C=CC/C(=C/Cc1ccccc1)CCC. The van der Waals surface area contributed by atoms with Gasteiger partial charge in [0.05, 0.1) is 0 Å². The van der Waals surface area contributed by atoms with E-state index in [2.05, 4.69) is 49.9 Å². The highest BCUT2D eigenvalue weighted by Crippen LogP contribution is 2.12. The molecule has 0 amide bonds. The first-order valence-electron chi connectivity index (χ1n) is 5.69. The molecule has 0 saturated carbocycles. The highest BCUT2D eigenvalue weighted by molar-refractivity contribution is 5.19. The first-order chi connectivity index (χ1) is 7.36. The molecule has 1 aromatic rings. The van der Waals surface area contributed by atoms with E-state index in [1.54, 1.807) is 0 Å². The van der Waals surface area contributed by atoms with E-state index in [0.717, 1.165) is 12.8 Å². The predicted octanol–water partition coefficient (Wildman–Crippen LogP) is 4.53. The summed E-state index contributed by atoms with van der Waals surface area (Å²) in [6, 6.07) is 10.6. The van der Waals surface area contributed by atoms with Gasteiger partial charge in [0.25, 0.3) is 0 Å². The van der Waals surface area contributed by atoms with Crippen molar-refractivity contribution in [3.8, 4) is 0 Å². The molecule has 0 fully saturated rings. The molecule has 0 saturated heterocycles. The zero-order valence-corrected chi connectivity index (χ0v) is 9.58. The van der Waals surface area contributed by atoms with E-state index in [1.807, 2.05) is 6.08 Å². The molecule has 0 aliphatic heterocycles. The lowest BCUT2D eigenvalue weighted by Gasteiger charge is -2.03. The molecule has 0 aliphatic carbocycles. The van der Waals surface area contributed by atoms with Crippen LogP contribution in [0.15, 0.2) is 54.6 Å². The van der Waals surface area contributed by atoms with E-state index < -0.39 is 0 Å². The fourth-order valence-corrected chi connectivity index (χ4v) is 1.67. The van der Waals surface area contributed by atoms with Gasteiger partial charge in [-0.05, 0) is 24.8 Å². The molecule has 0 N–H and O–H groups in total. The van der Waals surface area contributed by atoms with Crippen LogP contribution in [0.4, 0.5) is 0 Å². The molecule has 0 aliphatic rings. The minimum atomic E-state index is 1.03. The van der Waals surface area contributed by atoms with Gasteiger partial charge in [-0.15, -0.1) is 6.58 Å². The molecule has 0 nitrogen and oxygen atoms in total. The summed E-state index contributed by atoms with van der Waals surface area (Å²) in [4.78, 5) is 0. The molecule has 0 heterocycles. The molecule has 0 radical (unpaired) electrons. The van der Waals surface area contributed by atoms with Gasteiger partial charge in [0.1, 0.15) is 0 Å². The van der Waals surface area contributed by atoms with Crippen molar-refractivity contribution in [2.75, 3.05) is 0 Å². The molecule has 15 heavy (non-hydrogen) atoms. The van der Waals surface area contributed by atoms with Crippen LogP contribution < -0.4 is 0 Å². The summed E-state index contributed by atoms with van der Waals surface area (Å²) < 4.78 is 0. The van der Waals surface area contributed by atoms with Crippen LogP contribution in [0.3, 0.4) is 0 Å². The van der Waals surface area contributed by atoms with Gasteiger partial charge in [-0.2, -0.15) is 0 Å². The highest BCUT2D eigenvalue weighted by Gasteiger charge is 1.94. The fraction of sp³-hybridized carbons (Fsp3) is 0.333. The Kier molecular flexibility index (Phi) is 5.54. The van der Waals surface area contributed by atoms with Crippen molar-refractivity contribution in [3.05, 3.63) is 60.2 Å². The van der Waals surface area contributed by atoms with E-state index in [9.17, 15) is 0 Å². The molecule has 1 rings (SSSR count). The number of hydrogen-bond donors (Lipinski definition) is 0. The van der Waals surface area contributed by atoms with E-state index in [1.165, 1.54) is 24.0 Å². The van der Waals surface area contributed by atoms with Gasteiger partial charge in [0.15, 0.2) is 0 Å². The largest absolute Gasteiger partial charge is 0.103 e. The summed E-state index contributed by atoms with van der Waals surface area (Å²) in [7, 11) is 0. The minimum absolute atomic E-state index is 1.03. The van der Waals surface area contributed by atoms with Crippen molar-refractivity contribution in [3.63, 3.8) is 0 Å². The first-order valence-corrected chi connectivity index (χ1v) is 5.69. The Morgan fingerprint density at radius 3 is 2.60 bits per heavy atom. The third-order valence-corrected chi connectivity index (χ3v) is 2.45. The van der Waals surface area contributed by atoms with Gasteiger partial charge < -0.3 is 0 Å². The van der Waals surface area contributed by atoms with E-state index in [4.69, 9.17) is 0 Å². The van der Waals surface area contributed by atoms with Crippen molar-refractivity contribution in [2.24, 2.45) is 0 Å². The smallest absolute Gasteiger partial charge is 0.00947 e. The molecular weight excluding hydrogens is 180 g/mol. The zero-order chi connectivity index (χ0) is 10.9. The lowest BCUT2D eigenvalue weighted by molar-refractivity contribution is 0.872. The summed E-state index contributed by atoms with van der Waals surface area (Å²) in [6.07, 6.45) is 8.82. The monoisotopic (exact) mass is 200 g/mol. The first kappa shape index (κ1) is 11.8. The Morgan fingerprint density at radius 2 is 2.00 bits per heavy atom. The Bertz CT molecular complexity index is 306. The molecule has 0 heteroatoms. The second-order valence-corrected chi connectivity index (χ2v) is 3.79. The quantitative estimate of drug-likeness (QED) is 0.592. The second-order valence-electron chi connectivity index (χ2n) is 3.79. The number of allylic oxidation sites excluding steroid dienone is 3. The predicted molar refractivity (Wildman–Crippen MR) is 68.0 cm³/mol. The van der Waals surface area contributed by atoms with Crippen LogP contribution in [-0.2, 0) is 6.42 Å². The third kappa shape index (κ3) is 4.64. The zero-order valence-electron chi connectivity index (χ0n) is 9.58. The van der Waals surface area contributed by atoms with Crippen molar-refractivity contribution in [2.45, 2.75) is 32.6 Å².